The van der Waals surface area contributed by atoms with E-state index < -0.39 is 0 Å². The maximum Gasteiger partial charge on any atom is 0.141 e. The first-order chi connectivity index (χ1) is 8.41. The average Bonchev–Trinajstić information content (AvgIpc) is 2.71. The second-order valence-electron chi connectivity index (χ2n) is 5.00. The third-order valence-corrected chi connectivity index (χ3v) is 3.06. The Morgan fingerprint density at radius 1 is 1.44 bits per heavy atom. The SMILES string of the molecule is CC(C)N(CCC(N)=S)Cc1ncnn1C(C)C. The zero-order chi connectivity index (χ0) is 13.7. The predicted octanol–water partition coefficient (Wildman–Crippen LogP) is 1.75. The summed E-state index contributed by atoms with van der Waals surface area (Å²) >= 11 is 4.93. The number of rotatable bonds is 7. The molecule has 0 saturated heterocycles. The molecule has 0 aliphatic heterocycles. The summed E-state index contributed by atoms with van der Waals surface area (Å²) in [5, 5.41) is 4.25. The van der Waals surface area contributed by atoms with E-state index in [-0.39, 0.29) is 0 Å². The Bertz CT molecular complexity index is 386. The lowest BCUT2D eigenvalue weighted by atomic mass is 10.2. The standard InChI is InChI=1S/C12H23N5S/c1-9(2)16(6-5-11(13)18)7-12-14-8-15-17(12)10(3)4/h8-10H,5-7H2,1-4H3,(H2,13,18). The summed E-state index contributed by atoms with van der Waals surface area (Å²) in [5.41, 5.74) is 5.56. The minimum Gasteiger partial charge on any atom is -0.393 e. The summed E-state index contributed by atoms with van der Waals surface area (Å²) in [7, 11) is 0. The van der Waals surface area contributed by atoms with Crippen LogP contribution in [0.5, 0.6) is 0 Å². The highest BCUT2D eigenvalue weighted by Gasteiger charge is 2.15. The molecule has 0 aromatic carbocycles. The van der Waals surface area contributed by atoms with E-state index in [1.54, 1.807) is 6.33 Å². The van der Waals surface area contributed by atoms with Gasteiger partial charge in [0.25, 0.3) is 0 Å². The Labute approximate surface area is 114 Å². The van der Waals surface area contributed by atoms with Crippen LogP contribution in [0, 0.1) is 0 Å². The van der Waals surface area contributed by atoms with E-state index in [4.69, 9.17) is 18.0 Å². The molecule has 102 valence electrons. The van der Waals surface area contributed by atoms with Gasteiger partial charge in [0, 0.05) is 25.0 Å². The molecule has 1 aromatic rings. The molecule has 0 aliphatic rings. The van der Waals surface area contributed by atoms with Gasteiger partial charge in [-0.2, -0.15) is 5.10 Å². The molecule has 0 aliphatic carbocycles. The van der Waals surface area contributed by atoms with Gasteiger partial charge in [-0.15, -0.1) is 0 Å². The molecule has 0 spiro atoms. The van der Waals surface area contributed by atoms with Gasteiger partial charge in [0.15, 0.2) is 0 Å². The van der Waals surface area contributed by atoms with Crippen molar-refractivity contribution in [1.82, 2.24) is 19.7 Å². The van der Waals surface area contributed by atoms with Crippen LogP contribution in [0.15, 0.2) is 6.33 Å². The zero-order valence-electron chi connectivity index (χ0n) is 11.6. The van der Waals surface area contributed by atoms with Gasteiger partial charge >= 0.3 is 0 Å². The van der Waals surface area contributed by atoms with Gasteiger partial charge in [-0.3, -0.25) is 4.90 Å². The number of hydrogen-bond acceptors (Lipinski definition) is 4. The molecule has 1 aromatic heterocycles. The quantitative estimate of drug-likeness (QED) is 0.764. The van der Waals surface area contributed by atoms with Crippen LogP contribution < -0.4 is 5.73 Å². The molecule has 0 unspecified atom stereocenters. The number of thiocarbonyl (C=S) groups is 1. The molecule has 6 heteroatoms. The van der Waals surface area contributed by atoms with Gasteiger partial charge in [-0.25, -0.2) is 9.67 Å². The fourth-order valence-electron chi connectivity index (χ4n) is 1.77. The Morgan fingerprint density at radius 3 is 2.61 bits per heavy atom. The summed E-state index contributed by atoms with van der Waals surface area (Å²) in [6, 6.07) is 0.753. The van der Waals surface area contributed by atoms with Crippen LogP contribution >= 0.6 is 12.2 Å². The lowest BCUT2D eigenvalue weighted by molar-refractivity contribution is 0.208. The second-order valence-corrected chi connectivity index (χ2v) is 5.52. The molecule has 0 atom stereocenters. The van der Waals surface area contributed by atoms with E-state index in [1.165, 1.54) is 0 Å². The van der Waals surface area contributed by atoms with Crippen LogP contribution in [-0.2, 0) is 6.54 Å². The highest BCUT2D eigenvalue weighted by molar-refractivity contribution is 7.80. The Kier molecular flexibility index (Phi) is 5.68. The number of hydrogen-bond donors (Lipinski definition) is 1. The normalized spacial score (nSPS) is 11.7. The monoisotopic (exact) mass is 269 g/mol. The first kappa shape index (κ1) is 15.0. The molecule has 0 radical (unpaired) electrons. The predicted molar refractivity (Wildman–Crippen MR) is 77.4 cm³/mol. The largest absolute Gasteiger partial charge is 0.393 e. The average molecular weight is 269 g/mol. The third kappa shape index (κ3) is 4.34. The summed E-state index contributed by atoms with van der Waals surface area (Å²) in [6.45, 7) is 10.2. The minimum atomic E-state index is 0.326. The van der Waals surface area contributed by atoms with Crippen LogP contribution in [-0.4, -0.2) is 37.2 Å². The van der Waals surface area contributed by atoms with E-state index in [0.717, 1.165) is 25.3 Å². The smallest absolute Gasteiger partial charge is 0.141 e. The molecule has 18 heavy (non-hydrogen) atoms. The van der Waals surface area contributed by atoms with Crippen molar-refractivity contribution in [3.05, 3.63) is 12.2 Å². The van der Waals surface area contributed by atoms with E-state index >= 15 is 0 Å². The molecule has 5 nitrogen and oxygen atoms in total. The fourth-order valence-corrected chi connectivity index (χ4v) is 1.87. The molecule has 0 saturated carbocycles. The Morgan fingerprint density at radius 2 is 2.11 bits per heavy atom. The third-order valence-electron chi connectivity index (χ3n) is 2.86. The van der Waals surface area contributed by atoms with Crippen molar-refractivity contribution in [1.29, 1.82) is 0 Å². The Balaban J connectivity index is 2.70. The topological polar surface area (TPSA) is 60.0 Å². The van der Waals surface area contributed by atoms with Crippen molar-refractivity contribution in [3.8, 4) is 0 Å². The maximum atomic E-state index is 5.56. The number of nitrogens with two attached hydrogens (primary N) is 1. The van der Waals surface area contributed by atoms with Crippen molar-refractivity contribution >= 4 is 17.2 Å². The first-order valence-electron chi connectivity index (χ1n) is 6.32. The number of nitrogens with zero attached hydrogens (tertiary/aromatic N) is 4. The number of aromatic nitrogens is 3. The van der Waals surface area contributed by atoms with Crippen molar-refractivity contribution in [3.63, 3.8) is 0 Å². The lowest BCUT2D eigenvalue weighted by Crippen LogP contribution is -2.34. The molecule has 0 amide bonds. The van der Waals surface area contributed by atoms with Gasteiger partial charge in [0.05, 0.1) is 11.5 Å². The first-order valence-corrected chi connectivity index (χ1v) is 6.73. The van der Waals surface area contributed by atoms with Crippen molar-refractivity contribution < 1.29 is 0 Å². The van der Waals surface area contributed by atoms with Crippen molar-refractivity contribution in [2.75, 3.05) is 6.54 Å². The van der Waals surface area contributed by atoms with Crippen LogP contribution in [0.25, 0.3) is 0 Å². The van der Waals surface area contributed by atoms with Gasteiger partial charge in [-0.1, -0.05) is 12.2 Å². The van der Waals surface area contributed by atoms with Gasteiger partial charge in [0.1, 0.15) is 12.2 Å². The molecule has 2 N–H and O–H groups in total. The molecule has 1 heterocycles. The van der Waals surface area contributed by atoms with E-state index in [0.29, 0.717) is 17.1 Å². The van der Waals surface area contributed by atoms with Gasteiger partial charge < -0.3 is 5.73 Å². The molecule has 0 bridgehead atoms. The maximum absolute atomic E-state index is 5.56. The van der Waals surface area contributed by atoms with Gasteiger partial charge in [-0.05, 0) is 27.7 Å². The van der Waals surface area contributed by atoms with Crippen molar-refractivity contribution in [2.24, 2.45) is 5.73 Å². The highest BCUT2D eigenvalue weighted by atomic mass is 32.1. The van der Waals surface area contributed by atoms with E-state index in [9.17, 15) is 0 Å². The molecule has 1 rings (SSSR count). The van der Waals surface area contributed by atoms with Crippen LogP contribution in [0.3, 0.4) is 0 Å². The molecular weight excluding hydrogens is 246 g/mol. The van der Waals surface area contributed by atoms with E-state index in [2.05, 4.69) is 42.7 Å². The summed E-state index contributed by atoms with van der Waals surface area (Å²) in [6.07, 6.45) is 2.35. The zero-order valence-corrected chi connectivity index (χ0v) is 12.4. The fraction of sp³-hybridized carbons (Fsp3) is 0.750. The molecule has 0 fully saturated rings. The summed E-state index contributed by atoms with van der Waals surface area (Å²) < 4.78 is 1.95. The lowest BCUT2D eigenvalue weighted by Gasteiger charge is -2.26. The molecular formula is C12H23N5S. The van der Waals surface area contributed by atoms with Crippen LogP contribution in [0.2, 0.25) is 0 Å². The van der Waals surface area contributed by atoms with Crippen LogP contribution in [0.1, 0.15) is 46.0 Å². The Hall–Kier alpha value is -1.01. The second kappa shape index (κ2) is 6.80. The van der Waals surface area contributed by atoms with Crippen LogP contribution in [0.4, 0.5) is 0 Å². The summed E-state index contributed by atoms with van der Waals surface area (Å²) in [4.78, 5) is 7.20. The summed E-state index contributed by atoms with van der Waals surface area (Å²) in [5.74, 6) is 0.988. The van der Waals surface area contributed by atoms with Gasteiger partial charge in [0.2, 0.25) is 0 Å². The minimum absolute atomic E-state index is 0.326. The van der Waals surface area contributed by atoms with E-state index in [1.807, 2.05) is 4.68 Å². The van der Waals surface area contributed by atoms with Crippen molar-refractivity contribution in [2.45, 2.75) is 52.7 Å². The highest BCUT2D eigenvalue weighted by Crippen LogP contribution is 2.10.